The van der Waals surface area contributed by atoms with Crippen LogP contribution in [0.5, 0.6) is 10.8 Å². The molecule has 0 radical (unpaired) electrons. The Morgan fingerprint density at radius 2 is 2.40 bits per heavy atom. The highest BCUT2D eigenvalue weighted by Gasteiger charge is 2.08. The molecule has 0 amide bonds. The van der Waals surface area contributed by atoms with Gasteiger partial charge >= 0.3 is 0 Å². The first-order valence-electron chi connectivity index (χ1n) is 3.13. The van der Waals surface area contributed by atoms with Crippen molar-refractivity contribution in [3.8, 4) is 10.8 Å². The van der Waals surface area contributed by atoms with E-state index in [4.69, 9.17) is 9.84 Å². The molecule has 0 fully saturated rings. The fraction of sp³-hybridized carbons (Fsp3) is 0.429. The maximum atomic E-state index is 9.16. The van der Waals surface area contributed by atoms with E-state index >= 15 is 0 Å². The van der Waals surface area contributed by atoms with Crippen LogP contribution in [0.4, 0.5) is 0 Å². The zero-order valence-electron chi connectivity index (χ0n) is 6.05. The van der Waals surface area contributed by atoms with Gasteiger partial charge in [-0.2, -0.15) is 0 Å². The lowest BCUT2D eigenvalue weighted by Crippen LogP contribution is -1.84. The van der Waals surface area contributed by atoms with Crippen molar-refractivity contribution in [3.05, 3.63) is 10.9 Å². The highest BCUT2D eigenvalue weighted by atomic mass is 32.1. The Kier molecular flexibility index (Phi) is 2.17. The highest BCUT2D eigenvalue weighted by Crippen LogP contribution is 2.36. The summed E-state index contributed by atoms with van der Waals surface area (Å²) in [6, 6.07) is 0. The Balaban J connectivity index is 3.01. The number of rotatable bonds is 2. The minimum atomic E-state index is 0.277. The van der Waals surface area contributed by atoms with E-state index in [1.165, 1.54) is 11.3 Å². The Labute approximate surface area is 64.1 Å². The van der Waals surface area contributed by atoms with E-state index in [1.807, 2.05) is 12.3 Å². The van der Waals surface area contributed by atoms with Gasteiger partial charge in [0.15, 0.2) is 5.75 Å². The lowest BCUT2D eigenvalue weighted by Gasteiger charge is -1.98. The summed E-state index contributed by atoms with van der Waals surface area (Å²) >= 11 is 1.31. The van der Waals surface area contributed by atoms with Crippen LogP contribution in [0.2, 0.25) is 0 Å². The van der Waals surface area contributed by atoms with Crippen LogP contribution in [0.15, 0.2) is 5.38 Å². The van der Waals surface area contributed by atoms with E-state index in [9.17, 15) is 0 Å². The van der Waals surface area contributed by atoms with Crippen LogP contribution in [0.3, 0.4) is 0 Å². The van der Waals surface area contributed by atoms with E-state index < -0.39 is 0 Å². The van der Waals surface area contributed by atoms with E-state index in [2.05, 4.69) is 0 Å². The molecule has 10 heavy (non-hydrogen) atoms. The first-order valence-corrected chi connectivity index (χ1v) is 4.00. The monoisotopic (exact) mass is 158 g/mol. The first kappa shape index (κ1) is 7.41. The fourth-order valence-electron chi connectivity index (χ4n) is 0.834. The second kappa shape index (κ2) is 2.92. The Morgan fingerprint density at radius 3 is 2.80 bits per heavy atom. The van der Waals surface area contributed by atoms with Gasteiger partial charge < -0.3 is 9.84 Å². The molecule has 0 saturated heterocycles. The average molecular weight is 158 g/mol. The summed E-state index contributed by atoms with van der Waals surface area (Å²) < 4.78 is 4.97. The van der Waals surface area contributed by atoms with Gasteiger partial charge in [-0.25, -0.2) is 0 Å². The third-order valence-corrected chi connectivity index (χ3v) is 2.19. The van der Waals surface area contributed by atoms with E-state index in [1.54, 1.807) is 7.11 Å². The minimum Gasteiger partial charge on any atom is -0.497 e. The van der Waals surface area contributed by atoms with Crippen LogP contribution >= 0.6 is 11.3 Å². The van der Waals surface area contributed by atoms with Gasteiger partial charge in [-0.1, -0.05) is 6.92 Å². The van der Waals surface area contributed by atoms with E-state index in [0.29, 0.717) is 5.75 Å². The second-order valence-electron chi connectivity index (χ2n) is 1.95. The van der Waals surface area contributed by atoms with Crippen LogP contribution in [0.25, 0.3) is 0 Å². The summed E-state index contributed by atoms with van der Waals surface area (Å²) in [5, 5.41) is 11.3. The van der Waals surface area contributed by atoms with Crippen LogP contribution in [-0.4, -0.2) is 12.2 Å². The summed E-state index contributed by atoms with van der Waals surface area (Å²) in [7, 11) is 1.57. The Morgan fingerprint density at radius 1 is 1.70 bits per heavy atom. The predicted molar refractivity (Wildman–Crippen MR) is 41.9 cm³/mol. The van der Waals surface area contributed by atoms with Gasteiger partial charge in [-0.05, 0) is 6.42 Å². The summed E-state index contributed by atoms with van der Waals surface area (Å²) in [4.78, 5) is 0. The molecule has 1 aromatic heterocycles. The molecule has 1 aromatic rings. The summed E-state index contributed by atoms with van der Waals surface area (Å²) in [6.45, 7) is 2.03. The van der Waals surface area contributed by atoms with Crippen molar-refractivity contribution in [1.82, 2.24) is 0 Å². The first-order chi connectivity index (χ1) is 4.79. The van der Waals surface area contributed by atoms with Gasteiger partial charge in [0, 0.05) is 10.9 Å². The number of aromatic hydroxyl groups is 1. The lowest BCUT2D eigenvalue weighted by molar-refractivity contribution is 0.378. The molecule has 0 aliphatic heterocycles. The molecule has 0 spiro atoms. The summed E-state index contributed by atoms with van der Waals surface area (Å²) in [5.74, 6) is 0.632. The molecular formula is C7H10O2S. The number of thiophene rings is 1. The van der Waals surface area contributed by atoms with Crippen molar-refractivity contribution in [3.63, 3.8) is 0 Å². The molecule has 0 aliphatic rings. The smallest absolute Gasteiger partial charge is 0.214 e. The number of methoxy groups -OCH3 is 1. The van der Waals surface area contributed by atoms with Gasteiger partial charge in [0.1, 0.15) is 0 Å². The van der Waals surface area contributed by atoms with Crippen molar-refractivity contribution >= 4 is 11.3 Å². The molecule has 0 atom stereocenters. The standard InChI is InChI=1S/C7H10O2S/c1-3-5-4-10-7(8)6(5)9-2/h4,8H,3H2,1-2H3. The van der Waals surface area contributed by atoms with E-state index in [0.717, 1.165) is 12.0 Å². The largest absolute Gasteiger partial charge is 0.497 e. The molecule has 1 rings (SSSR count). The number of aryl methyl sites for hydroxylation is 1. The third-order valence-electron chi connectivity index (χ3n) is 1.38. The zero-order valence-corrected chi connectivity index (χ0v) is 6.86. The Hall–Kier alpha value is -0.700. The normalized spacial score (nSPS) is 9.80. The van der Waals surface area contributed by atoms with Crippen molar-refractivity contribution in [2.45, 2.75) is 13.3 Å². The van der Waals surface area contributed by atoms with Gasteiger partial charge in [0.05, 0.1) is 7.11 Å². The zero-order chi connectivity index (χ0) is 7.56. The molecule has 3 heteroatoms. The molecule has 0 aliphatic carbocycles. The van der Waals surface area contributed by atoms with E-state index in [-0.39, 0.29) is 5.06 Å². The molecular weight excluding hydrogens is 148 g/mol. The molecule has 0 unspecified atom stereocenters. The highest BCUT2D eigenvalue weighted by molar-refractivity contribution is 7.12. The number of hydrogen-bond acceptors (Lipinski definition) is 3. The molecule has 56 valence electrons. The molecule has 0 aromatic carbocycles. The van der Waals surface area contributed by atoms with Crippen molar-refractivity contribution in [2.75, 3.05) is 7.11 Å². The van der Waals surface area contributed by atoms with Gasteiger partial charge in [0.2, 0.25) is 5.06 Å². The second-order valence-corrected chi connectivity index (χ2v) is 2.81. The van der Waals surface area contributed by atoms with Crippen LogP contribution in [0, 0.1) is 0 Å². The fourth-order valence-corrected chi connectivity index (χ4v) is 1.68. The number of ether oxygens (including phenoxy) is 1. The number of hydrogen-bond donors (Lipinski definition) is 1. The topological polar surface area (TPSA) is 29.5 Å². The maximum absolute atomic E-state index is 9.16. The van der Waals surface area contributed by atoms with Crippen LogP contribution < -0.4 is 4.74 Å². The van der Waals surface area contributed by atoms with Crippen LogP contribution in [-0.2, 0) is 6.42 Å². The predicted octanol–water partition coefficient (Wildman–Crippen LogP) is 2.02. The molecule has 1 heterocycles. The minimum absolute atomic E-state index is 0.277. The summed E-state index contributed by atoms with van der Waals surface area (Å²) in [5.41, 5.74) is 1.07. The van der Waals surface area contributed by atoms with Gasteiger partial charge in [-0.15, -0.1) is 11.3 Å². The van der Waals surface area contributed by atoms with Crippen LogP contribution in [0.1, 0.15) is 12.5 Å². The Bertz CT molecular complexity index is 217. The quantitative estimate of drug-likeness (QED) is 0.713. The average Bonchev–Trinajstić information content (AvgIpc) is 2.30. The molecule has 0 bridgehead atoms. The third kappa shape index (κ3) is 1.09. The van der Waals surface area contributed by atoms with Gasteiger partial charge in [-0.3, -0.25) is 0 Å². The molecule has 1 N–H and O–H groups in total. The van der Waals surface area contributed by atoms with Gasteiger partial charge in [0.25, 0.3) is 0 Å². The van der Waals surface area contributed by atoms with Crippen molar-refractivity contribution < 1.29 is 9.84 Å². The SMILES string of the molecule is CCc1csc(O)c1OC. The summed E-state index contributed by atoms with van der Waals surface area (Å²) in [6.07, 6.45) is 0.903. The molecule has 2 nitrogen and oxygen atoms in total. The lowest BCUT2D eigenvalue weighted by atomic mass is 10.2. The molecule has 0 saturated carbocycles. The van der Waals surface area contributed by atoms with Crippen molar-refractivity contribution in [1.29, 1.82) is 0 Å². The maximum Gasteiger partial charge on any atom is 0.214 e. The van der Waals surface area contributed by atoms with Crippen molar-refractivity contribution in [2.24, 2.45) is 0 Å².